The van der Waals surface area contributed by atoms with Gasteiger partial charge in [-0.1, -0.05) is 0 Å². The standard InChI is InChI=1S/C20H17N5/c1-2-25-19-5-3-15(23-9-7-21-13-23)11-17(19)18-12-16(4-6-20(18)25)24-10-8-22-14-24/h3-14H,2H2,1H3. The molecule has 0 saturated carbocycles. The second-order valence-electron chi connectivity index (χ2n) is 6.09. The maximum atomic E-state index is 4.16. The van der Waals surface area contributed by atoms with Crippen LogP contribution in [0.2, 0.25) is 0 Å². The lowest BCUT2D eigenvalue weighted by molar-refractivity contribution is 0.827. The molecule has 0 radical (unpaired) electrons. The van der Waals surface area contributed by atoms with Gasteiger partial charge < -0.3 is 13.7 Å². The van der Waals surface area contributed by atoms with Crippen LogP contribution in [0.5, 0.6) is 0 Å². The van der Waals surface area contributed by atoms with Crippen molar-refractivity contribution in [2.75, 3.05) is 0 Å². The number of aromatic nitrogens is 5. The fraction of sp³-hybridized carbons (Fsp3) is 0.100. The van der Waals surface area contributed by atoms with Crippen LogP contribution in [0.3, 0.4) is 0 Å². The average molecular weight is 327 g/mol. The zero-order valence-corrected chi connectivity index (χ0v) is 13.9. The Hall–Kier alpha value is -3.34. The van der Waals surface area contributed by atoms with Crippen molar-refractivity contribution >= 4 is 21.8 Å². The lowest BCUT2D eigenvalue weighted by Crippen LogP contribution is -1.94. The molecular weight excluding hydrogens is 310 g/mol. The van der Waals surface area contributed by atoms with Crippen molar-refractivity contribution in [3.8, 4) is 11.4 Å². The van der Waals surface area contributed by atoms with Gasteiger partial charge in [-0.3, -0.25) is 0 Å². The average Bonchev–Trinajstić information content (AvgIpc) is 3.40. The highest BCUT2D eigenvalue weighted by atomic mass is 15.0. The molecule has 0 aliphatic rings. The molecule has 25 heavy (non-hydrogen) atoms. The highest BCUT2D eigenvalue weighted by Gasteiger charge is 2.12. The third-order valence-corrected chi connectivity index (χ3v) is 4.75. The second-order valence-corrected chi connectivity index (χ2v) is 6.09. The Morgan fingerprint density at radius 1 is 0.760 bits per heavy atom. The zero-order valence-electron chi connectivity index (χ0n) is 13.9. The Balaban J connectivity index is 1.82. The van der Waals surface area contributed by atoms with Gasteiger partial charge in [-0.25, -0.2) is 9.97 Å². The number of hydrogen-bond donors (Lipinski definition) is 0. The van der Waals surface area contributed by atoms with Gasteiger partial charge in [0.2, 0.25) is 0 Å². The van der Waals surface area contributed by atoms with Crippen LogP contribution >= 0.6 is 0 Å². The maximum absolute atomic E-state index is 4.16. The minimum atomic E-state index is 0.939. The van der Waals surface area contributed by atoms with Crippen LogP contribution in [0.4, 0.5) is 0 Å². The van der Waals surface area contributed by atoms with Gasteiger partial charge in [-0.2, -0.15) is 0 Å². The minimum Gasteiger partial charge on any atom is -0.341 e. The quantitative estimate of drug-likeness (QED) is 0.498. The Labute approximate surface area is 144 Å². The Kier molecular flexibility index (Phi) is 3.00. The molecule has 122 valence electrons. The third kappa shape index (κ3) is 2.09. The summed E-state index contributed by atoms with van der Waals surface area (Å²) in [6, 6.07) is 13.2. The van der Waals surface area contributed by atoms with E-state index < -0.39 is 0 Å². The molecule has 5 rings (SSSR count). The van der Waals surface area contributed by atoms with E-state index in [9.17, 15) is 0 Å². The van der Waals surface area contributed by atoms with E-state index in [-0.39, 0.29) is 0 Å². The lowest BCUT2D eigenvalue weighted by Gasteiger charge is -2.05. The molecule has 0 atom stereocenters. The molecule has 2 aromatic carbocycles. The molecule has 0 fully saturated rings. The second kappa shape index (κ2) is 5.34. The Morgan fingerprint density at radius 2 is 1.28 bits per heavy atom. The molecule has 0 aliphatic heterocycles. The Morgan fingerprint density at radius 3 is 1.68 bits per heavy atom. The van der Waals surface area contributed by atoms with Gasteiger partial charge in [-0.05, 0) is 43.3 Å². The first-order chi connectivity index (χ1) is 12.3. The monoisotopic (exact) mass is 327 g/mol. The SMILES string of the molecule is CCn1c2ccc(-n3ccnc3)cc2c2cc(-n3ccnc3)ccc21. The van der Waals surface area contributed by atoms with Gasteiger partial charge in [0, 0.05) is 64.5 Å². The predicted octanol–water partition coefficient (Wildman–Crippen LogP) is 4.19. The highest BCUT2D eigenvalue weighted by molar-refractivity contribution is 6.09. The van der Waals surface area contributed by atoms with Crippen molar-refractivity contribution in [1.29, 1.82) is 0 Å². The largest absolute Gasteiger partial charge is 0.341 e. The molecule has 5 aromatic rings. The van der Waals surface area contributed by atoms with Crippen molar-refractivity contribution in [1.82, 2.24) is 23.7 Å². The number of benzene rings is 2. The van der Waals surface area contributed by atoms with Crippen molar-refractivity contribution in [3.63, 3.8) is 0 Å². The van der Waals surface area contributed by atoms with Gasteiger partial charge >= 0.3 is 0 Å². The van der Waals surface area contributed by atoms with Crippen molar-refractivity contribution in [3.05, 3.63) is 73.8 Å². The predicted molar refractivity (Wildman–Crippen MR) is 99.4 cm³/mol. The highest BCUT2D eigenvalue weighted by Crippen LogP contribution is 2.32. The van der Waals surface area contributed by atoms with Gasteiger partial charge in [0.1, 0.15) is 0 Å². The van der Waals surface area contributed by atoms with Crippen LogP contribution in [0.1, 0.15) is 6.92 Å². The van der Waals surface area contributed by atoms with E-state index in [2.05, 4.69) is 57.9 Å². The topological polar surface area (TPSA) is 40.6 Å². The summed E-state index contributed by atoms with van der Waals surface area (Å²) in [6.07, 6.45) is 11.2. The number of rotatable bonds is 3. The molecule has 0 spiro atoms. The number of fused-ring (bicyclic) bond motifs is 3. The van der Waals surface area contributed by atoms with Crippen LogP contribution in [0.25, 0.3) is 33.2 Å². The summed E-state index contributed by atoms with van der Waals surface area (Å²) in [7, 11) is 0. The normalized spacial score (nSPS) is 11.6. The van der Waals surface area contributed by atoms with Gasteiger partial charge in [0.25, 0.3) is 0 Å². The molecule has 0 N–H and O–H groups in total. The first kappa shape index (κ1) is 14.0. The number of imidazole rings is 2. The summed E-state index contributed by atoms with van der Waals surface area (Å²) < 4.78 is 6.43. The van der Waals surface area contributed by atoms with Crippen LogP contribution < -0.4 is 0 Å². The van der Waals surface area contributed by atoms with Gasteiger partial charge in [0.15, 0.2) is 0 Å². The molecule has 3 heterocycles. The minimum absolute atomic E-state index is 0.939. The Bertz CT molecular complexity index is 1070. The number of nitrogens with zero attached hydrogens (tertiary/aromatic N) is 5. The summed E-state index contributed by atoms with van der Waals surface area (Å²) in [6.45, 7) is 3.13. The first-order valence-corrected chi connectivity index (χ1v) is 8.38. The molecule has 0 bridgehead atoms. The van der Waals surface area contributed by atoms with Gasteiger partial charge in [0.05, 0.1) is 12.7 Å². The summed E-state index contributed by atoms with van der Waals surface area (Å²) >= 11 is 0. The molecule has 3 aromatic heterocycles. The molecule has 0 aliphatic carbocycles. The number of hydrogen-bond acceptors (Lipinski definition) is 2. The summed E-state index contributed by atoms with van der Waals surface area (Å²) in [4.78, 5) is 8.32. The van der Waals surface area contributed by atoms with E-state index in [1.165, 1.54) is 21.8 Å². The third-order valence-electron chi connectivity index (χ3n) is 4.75. The van der Waals surface area contributed by atoms with E-state index in [1.807, 2.05) is 34.2 Å². The van der Waals surface area contributed by atoms with Crippen LogP contribution in [-0.4, -0.2) is 23.7 Å². The summed E-state index contributed by atoms with van der Waals surface area (Å²) in [5, 5.41) is 2.51. The molecule has 0 amide bonds. The smallest absolute Gasteiger partial charge is 0.0991 e. The van der Waals surface area contributed by atoms with Crippen LogP contribution in [0, 0.1) is 0 Å². The van der Waals surface area contributed by atoms with E-state index in [4.69, 9.17) is 0 Å². The molecule has 0 saturated heterocycles. The molecular formula is C20H17N5. The van der Waals surface area contributed by atoms with Crippen molar-refractivity contribution in [2.45, 2.75) is 13.5 Å². The fourth-order valence-electron chi connectivity index (χ4n) is 3.57. The summed E-state index contributed by atoms with van der Waals surface area (Å²) in [5.74, 6) is 0. The van der Waals surface area contributed by atoms with Crippen LogP contribution in [-0.2, 0) is 6.54 Å². The lowest BCUT2D eigenvalue weighted by atomic mass is 10.1. The molecule has 0 unspecified atom stereocenters. The fourth-order valence-corrected chi connectivity index (χ4v) is 3.57. The number of aryl methyl sites for hydroxylation is 1. The summed E-state index contributed by atoms with van der Waals surface area (Å²) in [5.41, 5.74) is 4.75. The maximum Gasteiger partial charge on any atom is 0.0991 e. The molecule has 5 nitrogen and oxygen atoms in total. The van der Waals surface area contributed by atoms with E-state index in [0.29, 0.717) is 0 Å². The van der Waals surface area contributed by atoms with Crippen molar-refractivity contribution < 1.29 is 0 Å². The zero-order chi connectivity index (χ0) is 16.8. The van der Waals surface area contributed by atoms with E-state index >= 15 is 0 Å². The van der Waals surface area contributed by atoms with Crippen molar-refractivity contribution in [2.24, 2.45) is 0 Å². The van der Waals surface area contributed by atoms with E-state index in [1.54, 1.807) is 12.4 Å². The van der Waals surface area contributed by atoms with Gasteiger partial charge in [-0.15, -0.1) is 0 Å². The first-order valence-electron chi connectivity index (χ1n) is 8.38. The van der Waals surface area contributed by atoms with E-state index in [0.717, 1.165) is 17.9 Å². The molecule has 5 heteroatoms. The van der Waals surface area contributed by atoms with Crippen LogP contribution in [0.15, 0.2) is 73.8 Å².